The van der Waals surface area contributed by atoms with Crippen molar-refractivity contribution in [1.29, 1.82) is 0 Å². The highest BCUT2D eigenvalue weighted by Crippen LogP contribution is 2.28. The van der Waals surface area contributed by atoms with Crippen molar-refractivity contribution in [3.8, 4) is 0 Å². The summed E-state index contributed by atoms with van der Waals surface area (Å²) in [6, 6.07) is 4.45. The lowest BCUT2D eigenvalue weighted by Gasteiger charge is -2.07. The number of nitrogens with zero attached hydrogens (tertiary/aromatic N) is 1. The van der Waals surface area contributed by atoms with Gasteiger partial charge in [-0.2, -0.15) is 0 Å². The fourth-order valence-electron chi connectivity index (χ4n) is 2.81. The van der Waals surface area contributed by atoms with Crippen molar-refractivity contribution in [2.45, 2.75) is 77.7 Å². The number of ether oxygens (including phenoxy) is 2. The van der Waals surface area contributed by atoms with Crippen LogP contribution in [-0.2, 0) is 25.7 Å². The zero-order valence-electron chi connectivity index (χ0n) is 17.0. The summed E-state index contributed by atoms with van der Waals surface area (Å²) in [4.78, 5) is 33.9. The minimum absolute atomic E-state index is 0.00717. The summed E-state index contributed by atoms with van der Waals surface area (Å²) in [5.74, 6) is -0.853. The van der Waals surface area contributed by atoms with Crippen LogP contribution in [0.5, 0.6) is 0 Å². The predicted octanol–water partition coefficient (Wildman–Crippen LogP) is 5.76. The van der Waals surface area contributed by atoms with Gasteiger partial charge in [-0.3, -0.25) is 19.7 Å². The number of hydrogen-bond donors (Lipinski definition) is 0. The van der Waals surface area contributed by atoms with E-state index in [1.54, 1.807) is 6.07 Å². The van der Waals surface area contributed by atoms with Crippen LogP contribution < -0.4 is 0 Å². The first kappa shape index (κ1) is 24.9. The number of unbranched alkanes of at least 4 members (excludes halogenated alkanes) is 6. The lowest BCUT2D eigenvalue weighted by molar-refractivity contribution is -0.385. The number of carbonyl (C=O) groups excluding carboxylic acids is 2. The normalized spacial score (nSPS) is 10.6. The molecule has 162 valence electrons. The third kappa shape index (κ3) is 10.8. The number of benzene rings is 1. The van der Waals surface area contributed by atoms with E-state index in [0.29, 0.717) is 13.0 Å². The third-order valence-corrected chi connectivity index (χ3v) is 4.72. The van der Waals surface area contributed by atoms with Crippen LogP contribution in [0, 0.1) is 10.1 Å². The van der Waals surface area contributed by atoms with Gasteiger partial charge in [0.15, 0.2) is 0 Å². The highest BCUT2D eigenvalue weighted by molar-refractivity contribution is 6.32. The van der Waals surface area contributed by atoms with Crippen LogP contribution in [0.25, 0.3) is 0 Å². The smallest absolute Gasteiger partial charge is 0.306 e. The Bertz CT molecular complexity index is 665. The van der Waals surface area contributed by atoms with E-state index >= 15 is 0 Å². The minimum atomic E-state index is -0.604. The Morgan fingerprint density at radius 3 is 2.24 bits per heavy atom. The zero-order valence-corrected chi connectivity index (χ0v) is 17.7. The first-order valence-corrected chi connectivity index (χ1v) is 10.6. The van der Waals surface area contributed by atoms with Crippen LogP contribution in [0.15, 0.2) is 18.2 Å². The molecule has 7 nitrogen and oxygen atoms in total. The number of nitro groups is 1. The van der Waals surface area contributed by atoms with Crippen LogP contribution in [0.4, 0.5) is 5.69 Å². The molecule has 0 bridgehead atoms. The van der Waals surface area contributed by atoms with Gasteiger partial charge in [-0.05, 0) is 25.0 Å². The number of esters is 2. The van der Waals surface area contributed by atoms with E-state index in [9.17, 15) is 19.7 Å². The predicted molar refractivity (Wildman–Crippen MR) is 111 cm³/mol. The molecular formula is C21H30ClNO6. The third-order valence-electron chi connectivity index (χ3n) is 4.41. The van der Waals surface area contributed by atoms with Gasteiger partial charge in [-0.25, -0.2) is 0 Å². The molecule has 0 amide bonds. The van der Waals surface area contributed by atoms with Gasteiger partial charge in [-0.15, -0.1) is 0 Å². The average Bonchev–Trinajstić information content (AvgIpc) is 2.68. The molecule has 0 heterocycles. The average molecular weight is 428 g/mol. The summed E-state index contributed by atoms with van der Waals surface area (Å²) in [7, 11) is 0. The molecule has 0 aliphatic heterocycles. The largest absolute Gasteiger partial charge is 0.466 e. The summed E-state index contributed by atoms with van der Waals surface area (Å²) in [5, 5.41) is 11.0. The summed E-state index contributed by atoms with van der Waals surface area (Å²) >= 11 is 5.81. The van der Waals surface area contributed by atoms with Crippen LogP contribution in [0.1, 0.15) is 76.7 Å². The monoisotopic (exact) mass is 427 g/mol. The Labute approximate surface area is 176 Å². The molecule has 0 N–H and O–H groups in total. The Morgan fingerprint density at radius 1 is 0.966 bits per heavy atom. The van der Waals surface area contributed by atoms with E-state index in [2.05, 4.69) is 6.92 Å². The second-order valence-corrected chi connectivity index (χ2v) is 7.27. The summed E-state index contributed by atoms with van der Waals surface area (Å²) in [6.07, 6.45) is 8.56. The van der Waals surface area contributed by atoms with E-state index in [4.69, 9.17) is 21.1 Å². The molecule has 0 saturated carbocycles. The van der Waals surface area contributed by atoms with Gasteiger partial charge in [0.25, 0.3) is 5.69 Å². The lowest BCUT2D eigenvalue weighted by Crippen LogP contribution is -2.09. The highest BCUT2D eigenvalue weighted by Gasteiger charge is 2.19. The van der Waals surface area contributed by atoms with Gasteiger partial charge >= 0.3 is 11.9 Å². The molecule has 0 fully saturated rings. The highest BCUT2D eigenvalue weighted by atomic mass is 35.5. The summed E-state index contributed by atoms with van der Waals surface area (Å²) in [6.45, 7) is 2.36. The van der Waals surface area contributed by atoms with Crippen molar-refractivity contribution >= 4 is 29.2 Å². The maximum Gasteiger partial charge on any atom is 0.306 e. The topological polar surface area (TPSA) is 95.7 Å². The van der Waals surface area contributed by atoms with Gasteiger partial charge in [0.2, 0.25) is 0 Å². The first-order chi connectivity index (χ1) is 14.0. The van der Waals surface area contributed by atoms with Crippen LogP contribution in [0.3, 0.4) is 0 Å². The molecular weight excluding hydrogens is 398 g/mol. The molecule has 0 aliphatic rings. The molecule has 0 aliphatic carbocycles. The van der Waals surface area contributed by atoms with Gasteiger partial charge in [0.05, 0.1) is 17.1 Å². The van der Waals surface area contributed by atoms with Gasteiger partial charge in [0, 0.05) is 12.8 Å². The Balaban J connectivity index is 2.14. The molecule has 0 saturated heterocycles. The lowest BCUT2D eigenvalue weighted by atomic mass is 10.1. The quantitative estimate of drug-likeness (QED) is 0.153. The molecule has 29 heavy (non-hydrogen) atoms. The van der Waals surface area contributed by atoms with Crippen LogP contribution in [-0.4, -0.2) is 23.5 Å². The molecule has 0 atom stereocenters. The number of rotatable bonds is 15. The van der Waals surface area contributed by atoms with Gasteiger partial charge in [-0.1, -0.05) is 63.1 Å². The molecule has 0 radical (unpaired) electrons. The first-order valence-electron chi connectivity index (χ1n) is 10.2. The Hall–Kier alpha value is -2.15. The molecule has 1 aromatic carbocycles. The van der Waals surface area contributed by atoms with Crippen LogP contribution in [0.2, 0.25) is 5.02 Å². The SMILES string of the molecule is CCCCCCCCCOC(=O)CCCC(=O)OCc1cccc(Cl)c1[N+](=O)[O-]. The fraction of sp³-hybridized carbons (Fsp3) is 0.619. The second-order valence-electron chi connectivity index (χ2n) is 6.86. The molecule has 1 aromatic rings. The van der Waals surface area contributed by atoms with Gasteiger partial charge < -0.3 is 9.47 Å². The molecule has 8 heteroatoms. The van der Waals surface area contributed by atoms with E-state index in [1.807, 2.05) is 0 Å². The molecule has 0 unspecified atom stereocenters. The fourth-order valence-corrected chi connectivity index (χ4v) is 3.07. The van der Waals surface area contributed by atoms with Gasteiger partial charge in [0.1, 0.15) is 11.6 Å². The van der Waals surface area contributed by atoms with Crippen molar-refractivity contribution in [3.05, 3.63) is 38.9 Å². The van der Waals surface area contributed by atoms with Crippen molar-refractivity contribution in [2.75, 3.05) is 6.61 Å². The molecule has 1 rings (SSSR count). The standard InChI is InChI=1S/C21H30ClNO6/c1-2-3-4-5-6-7-8-15-28-19(24)13-10-14-20(25)29-16-17-11-9-12-18(22)21(17)23(26)27/h9,11-12H,2-8,10,13-16H2,1H3. The maximum absolute atomic E-state index is 11.8. The maximum atomic E-state index is 11.8. The van der Waals surface area contributed by atoms with Crippen molar-refractivity contribution < 1.29 is 24.0 Å². The number of hydrogen-bond acceptors (Lipinski definition) is 6. The summed E-state index contributed by atoms with van der Waals surface area (Å²) < 4.78 is 10.2. The molecule has 0 spiro atoms. The van der Waals surface area contributed by atoms with Crippen molar-refractivity contribution in [3.63, 3.8) is 0 Å². The van der Waals surface area contributed by atoms with E-state index in [0.717, 1.165) is 19.3 Å². The number of nitro benzene ring substituents is 1. The van der Waals surface area contributed by atoms with Crippen molar-refractivity contribution in [1.82, 2.24) is 0 Å². The van der Waals surface area contributed by atoms with E-state index < -0.39 is 10.9 Å². The summed E-state index contributed by atoms with van der Waals surface area (Å²) in [5.41, 5.74) is -0.0409. The Kier molecular flexibility index (Phi) is 12.7. The number of carbonyl (C=O) groups is 2. The Morgan fingerprint density at radius 2 is 1.59 bits per heavy atom. The zero-order chi connectivity index (χ0) is 21.5. The van der Waals surface area contributed by atoms with E-state index in [-0.39, 0.29) is 41.7 Å². The second kappa shape index (κ2) is 14.8. The van der Waals surface area contributed by atoms with E-state index in [1.165, 1.54) is 37.8 Å². The minimum Gasteiger partial charge on any atom is -0.466 e. The molecule has 0 aromatic heterocycles. The van der Waals surface area contributed by atoms with Crippen LogP contribution >= 0.6 is 11.6 Å². The van der Waals surface area contributed by atoms with Crippen molar-refractivity contribution in [2.24, 2.45) is 0 Å². The number of para-hydroxylation sites is 1. The number of halogens is 1.